The van der Waals surface area contributed by atoms with Crippen LogP contribution in [0.1, 0.15) is 34.4 Å². The van der Waals surface area contributed by atoms with Crippen LogP contribution in [0, 0.1) is 12.8 Å². The lowest BCUT2D eigenvalue weighted by atomic mass is 9.85. The molecule has 2 aromatic carbocycles. The average Bonchev–Trinajstić information content (AvgIpc) is 3.21. The molecule has 3 rings (SSSR count). The molecule has 27 heavy (non-hydrogen) atoms. The second kappa shape index (κ2) is 9.33. The van der Waals surface area contributed by atoms with Crippen LogP contribution in [-0.4, -0.2) is 5.91 Å². The molecule has 2 atom stereocenters. The van der Waals surface area contributed by atoms with Crippen LogP contribution in [0.4, 0.5) is 0 Å². The van der Waals surface area contributed by atoms with Gasteiger partial charge in [-0.3, -0.25) is 4.79 Å². The van der Waals surface area contributed by atoms with E-state index in [-0.39, 0.29) is 17.7 Å². The number of hydrogen-bond acceptors (Lipinski definition) is 2. The lowest BCUT2D eigenvalue weighted by Crippen LogP contribution is -2.32. The van der Waals surface area contributed by atoms with Gasteiger partial charge in [-0.2, -0.15) is 0 Å². The summed E-state index contributed by atoms with van der Waals surface area (Å²) >= 11 is 1.70. The highest BCUT2D eigenvalue weighted by Gasteiger charge is 2.25. The topological polar surface area (TPSA) is 29.1 Å². The van der Waals surface area contributed by atoms with Crippen LogP contribution < -0.4 is 5.32 Å². The van der Waals surface area contributed by atoms with Gasteiger partial charge in [0.2, 0.25) is 5.91 Å². The molecule has 0 unspecified atom stereocenters. The molecule has 0 radical (unpaired) electrons. The Morgan fingerprint density at radius 2 is 1.78 bits per heavy atom. The molecular formula is C24H25NOS. The summed E-state index contributed by atoms with van der Waals surface area (Å²) < 4.78 is 0. The van der Waals surface area contributed by atoms with Crippen LogP contribution in [-0.2, 0) is 11.3 Å². The molecule has 1 N–H and O–H groups in total. The van der Waals surface area contributed by atoms with Crippen LogP contribution in [0.3, 0.4) is 0 Å². The lowest BCUT2D eigenvalue weighted by Gasteiger charge is -2.22. The van der Waals surface area contributed by atoms with Gasteiger partial charge < -0.3 is 5.32 Å². The van der Waals surface area contributed by atoms with Gasteiger partial charge in [0, 0.05) is 11.4 Å². The minimum atomic E-state index is -0.217. The van der Waals surface area contributed by atoms with Crippen molar-refractivity contribution in [3.05, 3.63) is 99.8 Å². The van der Waals surface area contributed by atoms with E-state index >= 15 is 0 Å². The summed E-state index contributed by atoms with van der Waals surface area (Å²) in [5.74, 6) is -0.0675. The Labute approximate surface area is 165 Å². The standard InChI is InChI=1S/C24H25NOS/c1-18-10-13-21(14-11-18)23(19(2)12-15-22-9-6-16-27-22)24(26)25-17-20-7-4-3-5-8-20/h3-16,19,23H,17H2,1-2H3,(H,25,26)/b15-12+/t19-,23-/m0/s1. The van der Waals surface area contributed by atoms with Crippen LogP contribution in [0.15, 0.2) is 78.2 Å². The largest absolute Gasteiger partial charge is 0.351 e. The Kier molecular flexibility index (Phi) is 6.61. The molecule has 1 aromatic heterocycles. The fraction of sp³-hybridized carbons (Fsp3) is 0.208. The summed E-state index contributed by atoms with van der Waals surface area (Å²) in [4.78, 5) is 14.3. The summed E-state index contributed by atoms with van der Waals surface area (Å²) in [5, 5.41) is 5.18. The first-order valence-corrected chi connectivity index (χ1v) is 10.1. The van der Waals surface area contributed by atoms with E-state index in [1.165, 1.54) is 10.4 Å². The molecule has 0 aliphatic heterocycles. The maximum atomic E-state index is 13.1. The number of allylic oxidation sites excluding steroid dienone is 1. The van der Waals surface area contributed by atoms with Crippen LogP contribution in [0.2, 0.25) is 0 Å². The van der Waals surface area contributed by atoms with Crippen molar-refractivity contribution in [2.24, 2.45) is 5.92 Å². The summed E-state index contributed by atoms with van der Waals surface area (Å²) in [6.07, 6.45) is 4.25. The Hall–Kier alpha value is -2.65. The Morgan fingerprint density at radius 3 is 2.44 bits per heavy atom. The quantitative estimate of drug-likeness (QED) is 0.555. The van der Waals surface area contributed by atoms with Gasteiger partial charge in [0.1, 0.15) is 0 Å². The van der Waals surface area contributed by atoms with Gasteiger partial charge in [0.25, 0.3) is 0 Å². The third-order valence-corrected chi connectivity index (χ3v) is 5.50. The number of nitrogens with one attached hydrogen (secondary N) is 1. The molecule has 0 spiro atoms. The molecule has 1 amide bonds. The van der Waals surface area contributed by atoms with Crippen molar-refractivity contribution >= 4 is 23.3 Å². The fourth-order valence-electron chi connectivity index (χ4n) is 3.11. The summed E-state index contributed by atoms with van der Waals surface area (Å²) in [5.41, 5.74) is 3.36. The van der Waals surface area contributed by atoms with Gasteiger partial charge in [-0.15, -0.1) is 11.3 Å². The first-order chi connectivity index (χ1) is 13.1. The molecule has 0 aliphatic carbocycles. The molecule has 0 saturated carbocycles. The zero-order valence-corrected chi connectivity index (χ0v) is 16.6. The minimum Gasteiger partial charge on any atom is -0.351 e. The molecular weight excluding hydrogens is 350 g/mol. The molecule has 0 bridgehead atoms. The highest BCUT2D eigenvalue weighted by atomic mass is 32.1. The smallest absolute Gasteiger partial charge is 0.228 e. The number of amides is 1. The van der Waals surface area contributed by atoms with E-state index in [0.29, 0.717) is 6.54 Å². The summed E-state index contributed by atoms with van der Waals surface area (Å²) in [6, 6.07) is 22.4. The number of benzene rings is 2. The van der Waals surface area contributed by atoms with E-state index in [4.69, 9.17) is 0 Å². The highest BCUT2D eigenvalue weighted by molar-refractivity contribution is 7.10. The van der Waals surface area contributed by atoms with E-state index in [9.17, 15) is 4.79 Å². The third kappa shape index (κ3) is 5.41. The third-order valence-electron chi connectivity index (χ3n) is 4.66. The van der Waals surface area contributed by atoms with Crippen LogP contribution in [0.5, 0.6) is 0 Å². The van der Waals surface area contributed by atoms with Crippen molar-refractivity contribution in [1.82, 2.24) is 5.32 Å². The van der Waals surface area contributed by atoms with Gasteiger partial charge in [-0.25, -0.2) is 0 Å². The normalized spacial score (nSPS) is 13.4. The average molecular weight is 376 g/mol. The number of carbonyl (C=O) groups excluding carboxylic acids is 1. The van der Waals surface area contributed by atoms with Crippen molar-refractivity contribution in [2.45, 2.75) is 26.3 Å². The lowest BCUT2D eigenvalue weighted by molar-refractivity contribution is -0.123. The van der Waals surface area contributed by atoms with Crippen molar-refractivity contribution in [1.29, 1.82) is 0 Å². The number of aryl methyl sites for hydroxylation is 1. The Bertz CT molecular complexity index is 867. The number of thiophene rings is 1. The maximum absolute atomic E-state index is 13.1. The van der Waals surface area contributed by atoms with Gasteiger partial charge in [0.15, 0.2) is 0 Å². The highest BCUT2D eigenvalue weighted by Crippen LogP contribution is 2.28. The van der Waals surface area contributed by atoms with Gasteiger partial charge in [0.05, 0.1) is 5.92 Å². The molecule has 2 nitrogen and oxygen atoms in total. The SMILES string of the molecule is Cc1ccc([C@@H](C(=O)NCc2ccccc2)[C@@H](C)/C=C/c2cccs2)cc1. The van der Waals surface area contributed by atoms with Crippen molar-refractivity contribution < 1.29 is 4.79 Å². The zero-order valence-electron chi connectivity index (χ0n) is 15.8. The van der Waals surface area contributed by atoms with E-state index in [2.05, 4.69) is 67.0 Å². The number of rotatable bonds is 7. The summed E-state index contributed by atoms with van der Waals surface area (Å²) in [7, 11) is 0. The predicted octanol–water partition coefficient (Wildman–Crippen LogP) is 5.81. The molecule has 138 valence electrons. The van der Waals surface area contributed by atoms with Gasteiger partial charge in [-0.1, -0.05) is 79.2 Å². The first kappa shape index (κ1) is 19.1. The fourth-order valence-corrected chi connectivity index (χ4v) is 3.73. The van der Waals surface area contributed by atoms with Crippen molar-refractivity contribution in [3.63, 3.8) is 0 Å². The van der Waals surface area contributed by atoms with E-state index in [1.54, 1.807) is 11.3 Å². The van der Waals surface area contributed by atoms with E-state index in [1.807, 2.05) is 36.4 Å². The predicted molar refractivity (Wildman–Crippen MR) is 115 cm³/mol. The monoisotopic (exact) mass is 375 g/mol. The van der Waals surface area contributed by atoms with Crippen molar-refractivity contribution in [2.75, 3.05) is 0 Å². The molecule has 3 aromatic rings. The minimum absolute atomic E-state index is 0.0611. The molecule has 1 heterocycles. The van der Waals surface area contributed by atoms with E-state index in [0.717, 1.165) is 11.1 Å². The Balaban J connectivity index is 1.78. The second-order valence-electron chi connectivity index (χ2n) is 6.83. The van der Waals surface area contributed by atoms with E-state index < -0.39 is 0 Å². The number of hydrogen-bond donors (Lipinski definition) is 1. The van der Waals surface area contributed by atoms with Gasteiger partial charge >= 0.3 is 0 Å². The summed E-state index contributed by atoms with van der Waals surface area (Å²) in [6.45, 7) is 4.72. The Morgan fingerprint density at radius 1 is 1.04 bits per heavy atom. The van der Waals surface area contributed by atoms with Crippen LogP contribution in [0.25, 0.3) is 6.08 Å². The molecule has 0 fully saturated rings. The van der Waals surface area contributed by atoms with Gasteiger partial charge in [-0.05, 0) is 41.5 Å². The zero-order chi connectivity index (χ0) is 19.1. The molecule has 3 heteroatoms. The molecule has 0 saturated heterocycles. The molecule has 0 aliphatic rings. The van der Waals surface area contributed by atoms with Crippen molar-refractivity contribution in [3.8, 4) is 0 Å². The first-order valence-electron chi connectivity index (χ1n) is 9.23. The number of carbonyl (C=O) groups is 1. The van der Waals surface area contributed by atoms with Crippen LogP contribution >= 0.6 is 11.3 Å². The maximum Gasteiger partial charge on any atom is 0.228 e. The second-order valence-corrected chi connectivity index (χ2v) is 7.80.